The molecule has 1 aliphatic rings. The van der Waals surface area contributed by atoms with E-state index in [0.717, 1.165) is 11.4 Å². The number of rotatable bonds is 3. The molecule has 1 aliphatic carbocycles. The minimum Gasteiger partial charge on any atom is -0.0955 e. The van der Waals surface area contributed by atoms with Gasteiger partial charge in [-0.05, 0) is 36.5 Å². The van der Waals surface area contributed by atoms with Crippen molar-refractivity contribution in [1.82, 2.24) is 0 Å². The van der Waals surface area contributed by atoms with Gasteiger partial charge in [0.15, 0.2) is 0 Å². The molecule has 0 bridgehead atoms. The molecule has 0 heterocycles. The minimum atomic E-state index is 0.607. The van der Waals surface area contributed by atoms with Crippen LogP contribution in [0.3, 0.4) is 0 Å². The van der Waals surface area contributed by atoms with Gasteiger partial charge < -0.3 is 0 Å². The summed E-state index contributed by atoms with van der Waals surface area (Å²) >= 11 is 0. The van der Waals surface area contributed by atoms with Crippen LogP contribution in [0.15, 0.2) is 0 Å². The first-order valence-electron chi connectivity index (χ1n) is 6.77. The molecule has 0 spiro atoms. The smallest absolute Gasteiger partial charge is 0.0955 e. The van der Waals surface area contributed by atoms with Crippen LogP contribution in [-0.2, 0) is 0 Å². The van der Waals surface area contributed by atoms with E-state index in [-0.39, 0.29) is 0 Å². The molecule has 15 heavy (non-hydrogen) atoms. The second-order valence-corrected chi connectivity index (χ2v) is 7.28. The van der Waals surface area contributed by atoms with Gasteiger partial charge >= 0.3 is 0 Å². The van der Waals surface area contributed by atoms with Crippen molar-refractivity contribution in [1.29, 1.82) is 0 Å². The Morgan fingerprint density at radius 3 is 1.73 bits per heavy atom. The monoisotopic (exact) mass is 202 g/mol. The summed E-state index contributed by atoms with van der Waals surface area (Å²) in [7, 11) is 9.62. The maximum atomic E-state index is 2.44. The topological polar surface area (TPSA) is 0 Å². The lowest BCUT2D eigenvalue weighted by molar-refractivity contribution is 0.105. The standard InChI is InChI=1S/C11H26B4/c1-10(2)3-5-11(6-4-10,9(14)15)7-8(12)13/h8-9H,3-7,12-15H2,1-2H3. The summed E-state index contributed by atoms with van der Waals surface area (Å²) in [4.78, 5) is 0. The molecule has 0 nitrogen and oxygen atoms in total. The SMILES string of the molecule is BC(B)CC1(C(B)B)CCC(C)(C)CC1. The second-order valence-electron chi connectivity index (χ2n) is 7.28. The van der Waals surface area contributed by atoms with Crippen LogP contribution >= 0.6 is 0 Å². The van der Waals surface area contributed by atoms with Crippen molar-refractivity contribution in [3.8, 4) is 0 Å². The first kappa shape index (κ1) is 13.3. The van der Waals surface area contributed by atoms with Crippen molar-refractivity contribution in [2.24, 2.45) is 10.8 Å². The van der Waals surface area contributed by atoms with Crippen molar-refractivity contribution in [3.63, 3.8) is 0 Å². The molecule has 1 saturated carbocycles. The second kappa shape index (κ2) is 4.63. The van der Waals surface area contributed by atoms with Crippen LogP contribution in [0.4, 0.5) is 0 Å². The lowest BCUT2D eigenvalue weighted by atomic mass is 9.44. The van der Waals surface area contributed by atoms with Crippen LogP contribution in [0.2, 0.25) is 11.4 Å². The molecule has 1 fully saturated rings. The van der Waals surface area contributed by atoms with Gasteiger partial charge in [-0.15, -0.1) is 0 Å². The van der Waals surface area contributed by atoms with Crippen molar-refractivity contribution < 1.29 is 0 Å². The largest absolute Gasteiger partial charge is 0.0963 e. The van der Waals surface area contributed by atoms with Gasteiger partial charge in [-0.25, -0.2) is 0 Å². The summed E-state index contributed by atoms with van der Waals surface area (Å²) in [6.07, 6.45) is 7.20. The van der Waals surface area contributed by atoms with Crippen molar-refractivity contribution in [2.45, 2.75) is 57.4 Å². The lowest BCUT2D eigenvalue weighted by Crippen LogP contribution is -2.36. The predicted octanol–water partition coefficient (Wildman–Crippen LogP) is -0.0125. The van der Waals surface area contributed by atoms with Gasteiger partial charge in [0.25, 0.3) is 0 Å². The lowest BCUT2D eigenvalue weighted by Gasteiger charge is -2.48. The van der Waals surface area contributed by atoms with Gasteiger partial charge in [-0.2, -0.15) is 0 Å². The highest BCUT2D eigenvalue weighted by Crippen LogP contribution is 2.52. The molecule has 0 saturated heterocycles. The number of hydrogen-bond acceptors (Lipinski definition) is 0. The zero-order valence-corrected chi connectivity index (χ0v) is 11.7. The van der Waals surface area contributed by atoms with Crippen LogP contribution in [-0.4, -0.2) is 31.4 Å². The average molecular weight is 202 g/mol. The highest BCUT2D eigenvalue weighted by atomic mass is 14.4. The highest BCUT2D eigenvalue weighted by molar-refractivity contribution is 6.37. The van der Waals surface area contributed by atoms with Crippen LogP contribution in [0.1, 0.15) is 46.0 Å². The summed E-state index contributed by atoms with van der Waals surface area (Å²) < 4.78 is 0. The zero-order chi connectivity index (χ0) is 11.7. The van der Waals surface area contributed by atoms with Gasteiger partial charge in [-0.3, -0.25) is 0 Å². The molecule has 1 rings (SSSR count). The summed E-state index contributed by atoms with van der Waals surface area (Å²) in [6, 6.07) is 0. The van der Waals surface area contributed by atoms with Crippen LogP contribution in [0.5, 0.6) is 0 Å². The van der Waals surface area contributed by atoms with Crippen LogP contribution in [0, 0.1) is 10.8 Å². The van der Waals surface area contributed by atoms with E-state index in [2.05, 4.69) is 45.2 Å². The van der Waals surface area contributed by atoms with E-state index < -0.39 is 0 Å². The Kier molecular flexibility index (Phi) is 4.12. The summed E-state index contributed by atoms with van der Waals surface area (Å²) in [5.41, 5.74) is 2.98. The highest BCUT2D eigenvalue weighted by Gasteiger charge is 2.39. The van der Waals surface area contributed by atoms with Gasteiger partial charge in [0.05, 0.1) is 31.4 Å². The van der Waals surface area contributed by atoms with Crippen LogP contribution < -0.4 is 0 Å². The Labute approximate surface area is 100.0 Å². The minimum absolute atomic E-state index is 0.607. The van der Waals surface area contributed by atoms with Gasteiger partial charge in [0.1, 0.15) is 0 Å². The first-order valence-corrected chi connectivity index (χ1v) is 6.77. The van der Waals surface area contributed by atoms with E-state index in [9.17, 15) is 0 Å². The normalized spacial score (nSPS) is 24.5. The molecule has 0 amide bonds. The molecule has 0 aromatic heterocycles. The molecule has 0 radical (unpaired) electrons. The average Bonchev–Trinajstić information content (AvgIpc) is 2.08. The molecular formula is C11H26B4. The summed E-state index contributed by atoms with van der Waals surface area (Å²) in [5, 5.41) is 0. The van der Waals surface area contributed by atoms with Gasteiger partial charge in [0.2, 0.25) is 0 Å². The Morgan fingerprint density at radius 1 is 0.933 bits per heavy atom. The Morgan fingerprint density at radius 2 is 1.40 bits per heavy atom. The van der Waals surface area contributed by atoms with Gasteiger partial charge in [0, 0.05) is 0 Å². The molecule has 0 aromatic carbocycles. The molecule has 0 aromatic rings. The molecule has 4 heteroatoms. The van der Waals surface area contributed by atoms with E-state index in [4.69, 9.17) is 0 Å². The van der Waals surface area contributed by atoms with E-state index in [0.29, 0.717) is 10.8 Å². The Balaban J connectivity index is 2.69. The molecule has 82 valence electrons. The molecule has 0 aliphatic heterocycles. The van der Waals surface area contributed by atoms with E-state index in [1.165, 1.54) is 32.1 Å². The molecule has 0 N–H and O–H groups in total. The summed E-state index contributed by atoms with van der Waals surface area (Å²) in [6.45, 7) is 4.87. The Bertz CT molecular complexity index is 201. The van der Waals surface area contributed by atoms with E-state index in [1.54, 1.807) is 0 Å². The molecular weight excluding hydrogens is 175 g/mol. The van der Waals surface area contributed by atoms with E-state index in [1.807, 2.05) is 0 Å². The first-order chi connectivity index (χ1) is 6.77. The van der Waals surface area contributed by atoms with Crippen molar-refractivity contribution >= 4 is 31.4 Å². The van der Waals surface area contributed by atoms with E-state index >= 15 is 0 Å². The number of hydrogen-bond donors (Lipinski definition) is 0. The fourth-order valence-electron chi connectivity index (χ4n) is 3.25. The third kappa shape index (κ3) is 3.36. The zero-order valence-electron chi connectivity index (χ0n) is 11.7. The van der Waals surface area contributed by atoms with Crippen molar-refractivity contribution in [3.05, 3.63) is 0 Å². The van der Waals surface area contributed by atoms with Gasteiger partial charge in [-0.1, -0.05) is 31.7 Å². The summed E-state index contributed by atoms with van der Waals surface area (Å²) in [5.74, 6) is 0. The fourth-order valence-corrected chi connectivity index (χ4v) is 3.25. The predicted molar refractivity (Wildman–Crippen MR) is 81.0 cm³/mol. The maximum absolute atomic E-state index is 2.44. The third-order valence-corrected chi connectivity index (χ3v) is 4.64. The maximum Gasteiger partial charge on any atom is 0.0963 e. The fraction of sp³-hybridized carbons (Fsp3) is 1.00. The Hall–Kier alpha value is 0.260. The molecule has 0 atom stereocenters. The third-order valence-electron chi connectivity index (χ3n) is 4.64. The van der Waals surface area contributed by atoms with Crippen molar-refractivity contribution in [2.75, 3.05) is 0 Å². The van der Waals surface area contributed by atoms with Crippen LogP contribution in [0.25, 0.3) is 0 Å². The molecule has 0 unspecified atom stereocenters. The quantitative estimate of drug-likeness (QED) is 0.564.